The second kappa shape index (κ2) is 7.67. The van der Waals surface area contributed by atoms with Crippen LogP contribution in [-0.2, 0) is 29.4 Å². The van der Waals surface area contributed by atoms with E-state index in [1.165, 1.54) is 15.4 Å². The van der Waals surface area contributed by atoms with Crippen LogP contribution in [0.1, 0.15) is 65.1 Å². The maximum Gasteiger partial charge on any atom is 0.272 e. The zero-order valence-corrected chi connectivity index (χ0v) is 16.9. The number of nitrogens with zero attached hydrogens (tertiary/aromatic N) is 2. The van der Waals surface area contributed by atoms with Crippen LogP contribution in [-0.4, -0.2) is 41.1 Å². The smallest absolute Gasteiger partial charge is 0.272 e. The highest BCUT2D eigenvalue weighted by Crippen LogP contribution is 2.30. The Morgan fingerprint density at radius 1 is 1.32 bits per heavy atom. The van der Waals surface area contributed by atoms with Gasteiger partial charge in [0.25, 0.3) is 5.91 Å². The Balaban J connectivity index is 1.50. The molecule has 1 unspecified atom stereocenters. The second-order valence-corrected chi connectivity index (χ2v) is 9.63. The van der Waals surface area contributed by atoms with Crippen molar-refractivity contribution in [2.45, 2.75) is 51.6 Å². The number of amides is 1. The minimum Gasteiger partial charge on any atom is -0.344 e. The van der Waals surface area contributed by atoms with Crippen LogP contribution in [0.25, 0.3) is 0 Å². The molecule has 2 N–H and O–H groups in total. The lowest BCUT2D eigenvalue weighted by molar-refractivity contribution is 0.0926. The number of rotatable bonds is 5. The van der Waals surface area contributed by atoms with E-state index in [1.807, 2.05) is 19.1 Å². The molecular formula is C20H26N4O3S. The molecule has 8 heteroatoms. The van der Waals surface area contributed by atoms with Crippen molar-refractivity contribution in [3.63, 3.8) is 0 Å². The maximum absolute atomic E-state index is 12.9. The number of aromatic nitrogens is 2. The highest BCUT2D eigenvalue weighted by molar-refractivity contribution is 7.89. The molecule has 1 aromatic carbocycles. The summed E-state index contributed by atoms with van der Waals surface area (Å²) >= 11 is 0. The van der Waals surface area contributed by atoms with E-state index in [-0.39, 0.29) is 24.2 Å². The van der Waals surface area contributed by atoms with Gasteiger partial charge in [-0.1, -0.05) is 31.2 Å². The lowest BCUT2D eigenvalue weighted by Crippen LogP contribution is -2.38. The molecule has 1 amide bonds. The van der Waals surface area contributed by atoms with Crippen LogP contribution < -0.4 is 5.32 Å². The topological polar surface area (TPSA) is 95.2 Å². The molecule has 2 aromatic rings. The summed E-state index contributed by atoms with van der Waals surface area (Å²) in [5, 5.41) is 10.2. The van der Waals surface area contributed by atoms with E-state index in [2.05, 4.69) is 27.6 Å². The number of nitrogens with one attached hydrogen (secondary N) is 2. The Kier molecular flexibility index (Phi) is 5.25. The van der Waals surface area contributed by atoms with Gasteiger partial charge in [-0.05, 0) is 43.2 Å². The van der Waals surface area contributed by atoms with Crippen LogP contribution in [0.4, 0.5) is 0 Å². The molecule has 2 aliphatic rings. The number of H-pyrrole nitrogens is 1. The molecule has 1 atom stereocenters. The first-order valence-electron chi connectivity index (χ1n) is 9.92. The first-order chi connectivity index (χ1) is 13.5. The molecule has 0 saturated heterocycles. The number of benzene rings is 1. The highest BCUT2D eigenvalue weighted by Gasteiger charge is 2.31. The molecule has 0 fully saturated rings. The third-order valence-electron chi connectivity index (χ3n) is 5.64. The Morgan fingerprint density at radius 3 is 2.96 bits per heavy atom. The molecule has 0 spiro atoms. The summed E-state index contributed by atoms with van der Waals surface area (Å²) in [7, 11) is -3.26. The van der Waals surface area contributed by atoms with E-state index < -0.39 is 10.0 Å². The predicted octanol–water partition coefficient (Wildman–Crippen LogP) is 2.31. The molecular weight excluding hydrogens is 376 g/mol. The molecule has 7 nitrogen and oxygen atoms in total. The normalized spacial score (nSPS) is 19.7. The number of aryl methyl sites for hydroxylation is 1. The minimum atomic E-state index is -3.26. The number of hydrogen-bond acceptors (Lipinski definition) is 4. The zero-order chi connectivity index (χ0) is 19.7. The van der Waals surface area contributed by atoms with E-state index in [4.69, 9.17) is 0 Å². The fraction of sp³-hybridized carbons (Fsp3) is 0.500. The fourth-order valence-electron chi connectivity index (χ4n) is 4.24. The van der Waals surface area contributed by atoms with Crippen molar-refractivity contribution in [2.75, 3.05) is 12.3 Å². The largest absolute Gasteiger partial charge is 0.344 e. The van der Waals surface area contributed by atoms with Crippen LogP contribution in [0.15, 0.2) is 24.3 Å². The lowest BCUT2D eigenvalue weighted by Gasteiger charge is -2.27. The summed E-state index contributed by atoms with van der Waals surface area (Å²) in [6.45, 7) is 2.50. The molecule has 0 radical (unpaired) electrons. The SMILES string of the molecule is CCCS(=O)(=O)N1CCc2c(C(=O)NC3CCCc4ccccc43)n[nH]c2C1. The first kappa shape index (κ1) is 19.1. The lowest BCUT2D eigenvalue weighted by atomic mass is 9.87. The average molecular weight is 403 g/mol. The van der Waals surface area contributed by atoms with Crippen molar-refractivity contribution in [1.82, 2.24) is 19.8 Å². The Bertz CT molecular complexity index is 983. The number of carbonyl (C=O) groups is 1. The quantitative estimate of drug-likeness (QED) is 0.802. The third-order valence-corrected chi connectivity index (χ3v) is 7.67. The van der Waals surface area contributed by atoms with Gasteiger partial charge < -0.3 is 5.32 Å². The van der Waals surface area contributed by atoms with Gasteiger partial charge in [0.2, 0.25) is 10.0 Å². The van der Waals surface area contributed by atoms with Gasteiger partial charge in [0.15, 0.2) is 5.69 Å². The molecule has 1 aliphatic heterocycles. The van der Waals surface area contributed by atoms with Gasteiger partial charge in [-0.3, -0.25) is 9.89 Å². The van der Waals surface area contributed by atoms with Gasteiger partial charge in [0, 0.05) is 12.1 Å². The maximum atomic E-state index is 12.9. The molecule has 28 heavy (non-hydrogen) atoms. The summed E-state index contributed by atoms with van der Waals surface area (Å²) < 4.78 is 26.1. The van der Waals surface area contributed by atoms with Gasteiger partial charge in [0.05, 0.1) is 24.0 Å². The van der Waals surface area contributed by atoms with Crippen LogP contribution in [0.3, 0.4) is 0 Å². The van der Waals surface area contributed by atoms with E-state index in [0.29, 0.717) is 25.1 Å². The van der Waals surface area contributed by atoms with Gasteiger partial charge in [-0.15, -0.1) is 0 Å². The van der Waals surface area contributed by atoms with Gasteiger partial charge in [-0.25, -0.2) is 8.42 Å². The fourth-order valence-corrected chi connectivity index (χ4v) is 5.71. The molecule has 150 valence electrons. The van der Waals surface area contributed by atoms with Gasteiger partial charge >= 0.3 is 0 Å². The summed E-state index contributed by atoms with van der Waals surface area (Å²) in [6.07, 6.45) is 4.09. The molecule has 1 aliphatic carbocycles. The van der Waals surface area contributed by atoms with Crippen molar-refractivity contribution in [3.05, 3.63) is 52.3 Å². The van der Waals surface area contributed by atoms with Crippen LogP contribution in [0.2, 0.25) is 0 Å². The van der Waals surface area contributed by atoms with Crippen molar-refractivity contribution in [1.29, 1.82) is 0 Å². The monoisotopic (exact) mass is 402 g/mol. The van der Waals surface area contributed by atoms with Crippen molar-refractivity contribution < 1.29 is 13.2 Å². The molecule has 0 saturated carbocycles. The number of hydrogen-bond donors (Lipinski definition) is 2. The Hall–Kier alpha value is -2.19. The summed E-state index contributed by atoms with van der Waals surface area (Å²) in [5.41, 5.74) is 4.43. The van der Waals surface area contributed by atoms with Crippen molar-refractivity contribution >= 4 is 15.9 Å². The van der Waals surface area contributed by atoms with Crippen LogP contribution >= 0.6 is 0 Å². The third kappa shape index (κ3) is 3.58. The molecule has 4 rings (SSSR count). The zero-order valence-electron chi connectivity index (χ0n) is 16.1. The van der Waals surface area contributed by atoms with Gasteiger partial charge in [0.1, 0.15) is 0 Å². The number of aromatic amines is 1. The molecule has 2 heterocycles. The Morgan fingerprint density at radius 2 is 2.14 bits per heavy atom. The van der Waals surface area contributed by atoms with Gasteiger partial charge in [-0.2, -0.15) is 9.40 Å². The summed E-state index contributed by atoms with van der Waals surface area (Å²) in [5.74, 6) is -0.0469. The molecule has 1 aromatic heterocycles. The van der Waals surface area contributed by atoms with Crippen LogP contribution in [0.5, 0.6) is 0 Å². The number of sulfonamides is 1. The number of carbonyl (C=O) groups excluding carboxylic acids is 1. The Labute approximate surface area is 165 Å². The minimum absolute atomic E-state index is 0.00480. The van der Waals surface area contributed by atoms with E-state index in [1.54, 1.807) is 0 Å². The van der Waals surface area contributed by atoms with E-state index >= 15 is 0 Å². The van der Waals surface area contributed by atoms with Crippen LogP contribution in [0, 0.1) is 0 Å². The summed E-state index contributed by atoms with van der Waals surface area (Å²) in [4.78, 5) is 12.9. The number of fused-ring (bicyclic) bond motifs is 2. The predicted molar refractivity (Wildman–Crippen MR) is 106 cm³/mol. The molecule has 0 bridgehead atoms. The highest BCUT2D eigenvalue weighted by atomic mass is 32.2. The summed E-state index contributed by atoms with van der Waals surface area (Å²) in [6, 6.07) is 8.23. The van der Waals surface area contributed by atoms with Crippen molar-refractivity contribution in [2.24, 2.45) is 0 Å². The van der Waals surface area contributed by atoms with E-state index in [9.17, 15) is 13.2 Å². The van der Waals surface area contributed by atoms with E-state index in [0.717, 1.165) is 30.5 Å². The first-order valence-corrected chi connectivity index (χ1v) is 11.5. The average Bonchev–Trinajstić information content (AvgIpc) is 3.12. The standard InChI is InChI=1S/C20H26N4O3S/c1-2-12-28(26,27)24-11-10-16-18(13-24)22-23-19(16)20(25)21-17-9-5-7-14-6-3-4-8-15(14)17/h3-4,6,8,17H,2,5,7,9-13H2,1H3,(H,21,25)(H,22,23). The second-order valence-electron chi connectivity index (χ2n) is 7.55. The van der Waals surface area contributed by atoms with Crippen molar-refractivity contribution in [3.8, 4) is 0 Å².